The largest absolute Gasteiger partial charge is 0.375 e. The van der Waals surface area contributed by atoms with Crippen LogP contribution in [0.2, 0.25) is 0 Å². The summed E-state index contributed by atoms with van der Waals surface area (Å²) in [6, 6.07) is 1.78. The molecule has 0 bridgehead atoms. The average molecular weight is 313 g/mol. The molecule has 0 aliphatic heterocycles. The minimum atomic E-state index is -2.48. The Bertz CT molecular complexity index is 346. The molecule has 90 valence electrons. The predicted molar refractivity (Wildman–Crippen MR) is 62.5 cm³/mol. The van der Waals surface area contributed by atoms with Crippen LogP contribution in [-0.2, 0) is 4.74 Å². The van der Waals surface area contributed by atoms with Crippen LogP contribution in [0.3, 0.4) is 0 Å². The molecule has 0 unspecified atom stereocenters. The van der Waals surface area contributed by atoms with Crippen LogP contribution in [0, 0.1) is 6.92 Å². The second-order valence-corrected chi connectivity index (χ2v) is 5.58. The summed E-state index contributed by atoms with van der Waals surface area (Å²) in [5.41, 5.74) is 1.00. The maximum absolute atomic E-state index is 11.7. The van der Waals surface area contributed by atoms with Crippen molar-refractivity contribution in [2.45, 2.75) is 19.8 Å². The number of halogens is 3. The van der Waals surface area contributed by atoms with E-state index in [2.05, 4.69) is 20.7 Å². The summed E-state index contributed by atoms with van der Waals surface area (Å²) in [5, 5.41) is 0. The SMILES string of the molecule is Cc1cc(C(=O)CCOCC(F)F)sc1Br. The summed E-state index contributed by atoms with van der Waals surface area (Å²) in [7, 11) is 0. The first-order valence-electron chi connectivity index (χ1n) is 4.65. The molecule has 0 amide bonds. The molecular weight excluding hydrogens is 302 g/mol. The summed E-state index contributed by atoms with van der Waals surface area (Å²) in [4.78, 5) is 12.2. The Balaban J connectivity index is 2.35. The molecule has 0 fully saturated rings. The molecule has 1 aromatic rings. The molecule has 0 saturated heterocycles. The maximum atomic E-state index is 11.7. The lowest BCUT2D eigenvalue weighted by Crippen LogP contribution is -2.08. The molecule has 0 spiro atoms. The fourth-order valence-corrected chi connectivity index (χ4v) is 2.56. The lowest BCUT2D eigenvalue weighted by Gasteiger charge is -2.01. The van der Waals surface area contributed by atoms with Crippen LogP contribution < -0.4 is 0 Å². The number of alkyl halides is 2. The van der Waals surface area contributed by atoms with Crippen molar-refractivity contribution in [1.29, 1.82) is 0 Å². The van der Waals surface area contributed by atoms with Gasteiger partial charge in [0.2, 0.25) is 0 Å². The minimum Gasteiger partial charge on any atom is -0.375 e. The van der Waals surface area contributed by atoms with Crippen molar-refractivity contribution in [3.8, 4) is 0 Å². The Morgan fingerprint density at radius 3 is 2.81 bits per heavy atom. The average Bonchev–Trinajstić information content (AvgIpc) is 2.54. The number of hydrogen-bond acceptors (Lipinski definition) is 3. The normalized spacial score (nSPS) is 11.1. The van der Waals surface area contributed by atoms with Gasteiger partial charge < -0.3 is 4.74 Å². The van der Waals surface area contributed by atoms with E-state index in [0.29, 0.717) is 4.88 Å². The zero-order valence-electron chi connectivity index (χ0n) is 8.63. The number of ether oxygens (including phenoxy) is 1. The van der Waals surface area contributed by atoms with E-state index in [9.17, 15) is 13.6 Å². The first-order valence-corrected chi connectivity index (χ1v) is 6.26. The standard InChI is InChI=1S/C10H11BrF2O2S/c1-6-4-8(16-10(6)11)7(14)2-3-15-5-9(12)13/h4,9H,2-3,5H2,1H3. The summed E-state index contributed by atoms with van der Waals surface area (Å²) in [5.74, 6) is -0.0759. The molecule has 1 rings (SSSR count). The Morgan fingerprint density at radius 2 is 2.31 bits per heavy atom. The minimum absolute atomic E-state index is 0.0394. The first kappa shape index (κ1) is 13.7. The van der Waals surface area contributed by atoms with Crippen LogP contribution in [0.5, 0.6) is 0 Å². The second kappa shape index (κ2) is 6.42. The van der Waals surface area contributed by atoms with Crippen molar-refractivity contribution in [2.75, 3.05) is 13.2 Å². The highest BCUT2D eigenvalue weighted by molar-refractivity contribution is 9.11. The van der Waals surface area contributed by atoms with Gasteiger partial charge in [-0.1, -0.05) is 0 Å². The predicted octanol–water partition coefficient (Wildman–Crippen LogP) is 3.67. The third-order valence-corrected chi connectivity index (χ3v) is 4.03. The number of carbonyl (C=O) groups excluding carboxylic acids is 1. The monoisotopic (exact) mass is 312 g/mol. The van der Waals surface area contributed by atoms with Crippen molar-refractivity contribution in [3.05, 3.63) is 20.3 Å². The second-order valence-electron chi connectivity index (χ2n) is 3.21. The van der Waals surface area contributed by atoms with Gasteiger partial charge in [-0.15, -0.1) is 11.3 Å². The van der Waals surface area contributed by atoms with Gasteiger partial charge in [-0.25, -0.2) is 8.78 Å². The highest BCUT2D eigenvalue weighted by Crippen LogP contribution is 2.28. The molecule has 1 aromatic heterocycles. The van der Waals surface area contributed by atoms with E-state index in [4.69, 9.17) is 0 Å². The van der Waals surface area contributed by atoms with E-state index in [1.165, 1.54) is 11.3 Å². The molecule has 6 heteroatoms. The van der Waals surface area contributed by atoms with Crippen LogP contribution in [0.15, 0.2) is 9.85 Å². The summed E-state index contributed by atoms with van der Waals surface area (Å²) in [6.45, 7) is 1.32. The van der Waals surface area contributed by atoms with Gasteiger partial charge in [0, 0.05) is 6.42 Å². The molecule has 2 nitrogen and oxygen atoms in total. The van der Waals surface area contributed by atoms with Gasteiger partial charge in [-0.05, 0) is 34.5 Å². The van der Waals surface area contributed by atoms with Crippen LogP contribution in [0.1, 0.15) is 21.7 Å². The molecule has 0 radical (unpaired) electrons. The molecule has 0 aliphatic rings. The fraction of sp³-hybridized carbons (Fsp3) is 0.500. The summed E-state index contributed by atoms with van der Waals surface area (Å²) < 4.78 is 29.0. The van der Waals surface area contributed by atoms with Gasteiger partial charge in [0.15, 0.2) is 5.78 Å². The summed E-state index contributed by atoms with van der Waals surface area (Å²) >= 11 is 4.67. The Kier molecular flexibility index (Phi) is 5.51. The molecule has 0 aliphatic carbocycles. The third kappa shape index (κ3) is 4.27. The summed E-state index contributed by atoms with van der Waals surface area (Å²) in [6.07, 6.45) is -2.34. The van der Waals surface area contributed by atoms with Gasteiger partial charge in [0.25, 0.3) is 6.43 Å². The van der Waals surface area contributed by atoms with E-state index in [1.807, 2.05) is 6.92 Å². The van der Waals surface area contributed by atoms with Crippen molar-refractivity contribution < 1.29 is 18.3 Å². The molecule has 0 aromatic carbocycles. The quantitative estimate of drug-likeness (QED) is 0.592. The third-order valence-electron chi connectivity index (χ3n) is 1.85. The fourth-order valence-electron chi connectivity index (χ4n) is 1.06. The van der Waals surface area contributed by atoms with E-state index in [0.717, 1.165) is 9.35 Å². The van der Waals surface area contributed by atoms with E-state index in [1.54, 1.807) is 6.07 Å². The lowest BCUT2D eigenvalue weighted by molar-refractivity contribution is 0.0170. The maximum Gasteiger partial charge on any atom is 0.261 e. The number of carbonyl (C=O) groups is 1. The van der Waals surface area contributed by atoms with Gasteiger partial charge in [-0.3, -0.25) is 4.79 Å². The van der Waals surface area contributed by atoms with Crippen LogP contribution in [-0.4, -0.2) is 25.4 Å². The van der Waals surface area contributed by atoms with Crippen molar-refractivity contribution in [3.63, 3.8) is 0 Å². The molecular formula is C10H11BrF2O2S. The van der Waals surface area contributed by atoms with Crippen LogP contribution in [0.25, 0.3) is 0 Å². The zero-order valence-corrected chi connectivity index (χ0v) is 11.0. The van der Waals surface area contributed by atoms with E-state index in [-0.39, 0.29) is 18.8 Å². The molecule has 1 heterocycles. The molecule has 0 N–H and O–H groups in total. The van der Waals surface area contributed by atoms with Gasteiger partial charge in [0.1, 0.15) is 6.61 Å². The number of hydrogen-bond donors (Lipinski definition) is 0. The highest BCUT2D eigenvalue weighted by atomic mass is 79.9. The van der Waals surface area contributed by atoms with E-state index < -0.39 is 13.0 Å². The van der Waals surface area contributed by atoms with Gasteiger partial charge >= 0.3 is 0 Å². The number of rotatable bonds is 6. The zero-order chi connectivity index (χ0) is 12.1. The Hall–Kier alpha value is -0.330. The van der Waals surface area contributed by atoms with Crippen molar-refractivity contribution in [2.24, 2.45) is 0 Å². The highest BCUT2D eigenvalue weighted by Gasteiger charge is 2.11. The van der Waals surface area contributed by atoms with Gasteiger partial charge in [0.05, 0.1) is 15.3 Å². The smallest absolute Gasteiger partial charge is 0.261 e. The van der Waals surface area contributed by atoms with Crippen molar-refractivity contribution in [1.82, 2.24) is 0 Å². The first-order chi connectivity index (χ1) is 7.50. The topological polar surface area (TPSA) is 26.3 Å². The lowest BCUT2D eigenvalue weighted by atomic mass is 10.2. The Morgan fingerprint density at radius 1 is 1.62 bits per heavy atom. The number of Topliss-reactive ketones (excluding diaryl/α,β-unsaturated/α-hetero) is 1. The van der Waals surface area contributed by atoms with Crippen molar-refractivity contribution >= 4 is 33.0 Å². The molecule has 0 saturated carbocycles. The van der Waals surface area contributed by atoms with E-state index >= 15 is 0 Å². The number of ketones is 1. The van der Waals surface area contributed by atoms with Crippen LogP contribution >= 0.6 is 27.3 Å². The molecule has 16 heavy (non-hydrogen) atoms. The molecule has 0 atom stereocenters. The Labute approximate surface area is 105 Å². The van der Waals surface area contributed by atoms with Gasteiger partial charge in [-0.2, -0.15) is 0 Å². The van der Waals surface area contributed by atoms with Crippen LogP contribution in [0.4, 0.5) is 8.78 Å². The number of thiophene rings is 1. The number of aryl methyl sites for hydroxylation is 1.